The Hall–Kier alpha value is -2.34. The number of aryl methyl sites for hydroxylation is 1. The van der Waals surface area contributed by atoms with Crippen molar-refractivity contribution in [2.45, 2.75) is 51.5 Å². The lowest BCUT2D eigenvalue weighted by Gasteiger charge is -2.44. The van der Waals surface area contributed by atoms with Crippen molar-refractivity contribution in [3.05, 3.63) is 39.7 Å². The lowest BCUT2D eigenvalue weighted by molar-refractivity contribution is -0.120. The van der Waals surface area contributed by atoms with Crippen molar-refractivity contribution in [1.29, 1.82) is 0 Å². The zero-order chi connectivity index (χ0) is 20.4. The number of carbonyl (C=O) groups is 1. The Labute approximate surface area is 171 Å². The van der Waals surface area contributed by atoms with Crippen molar-refractivity contribution in [1.82, 2.24) is 10.2 Å². The SMILES string of the molecule is COc1ccc2c(C)c(CC(=O)NC[C@H]3CCCN4CCCC[C@@H]34)c(=O)oc2c1. The molecule has 29 heavy (non-hydrogen) atoms. The van der Waals surface area contributed by atoms with Gasteiger partial charge in [0.15, 0.2) is 0 Å². The Morgan fingerprint density at radius 3 is 2.90 bits per heavy atom. The summed E-state index contributed by atoms with van der Waals surface area (Å²) >= 11 is 0. The van der Waals surface area contributed by atoms with Crippen LogP contribution in [-0.2, 0) is 11.2 Å². The average molecular weight is 399 g/mol. The van der Waals surface area contributed by atoms with E-state index in [4.69, 9.17) is 9.15 Å². The van der Waals surface area contributed by atoms with Crippen LogP contribution in [0.4, 0.5) is 0 Å². The van der Waals surface area contributed by atoms with Gasteiger partial charge in [-0.1, -0.05) is 6.42 Å². The Bertz CT molecular complexity index is 950. The van der Waals surface area contributed by atoms with Gasteiger partial charge in [0.1, 0.15) is 11.3 Å². The molecule has 1 aromatic heterocycles. The molecule has 1 aromatic carbocycles. The molecule has 0 radical (unpaired) electrons. The highest BCUT2D eigenvalue weighted by Gasteiger charge is 2.33. The number of amides is 1. The standard InChI is InChI=1S/C23H30N2O4/c1-15-18-9-8-17(28-2)12-21(18)29-23(27)19(15)13-22(26)24-14-16-6-5-11-25-10-4-3-7-20(16)25/h8-9,12,16,20H,3-7,10-11,13-14H2,1-2H3,(H,24,26)/t16-,20+/m1/s1. The average Bonchev–Trinajstić information content (AvgIpc) is 2.74. The van der Waals surface area contributed by atoms with Crippen LogP contribution in [-0.4, -0.2) is 43.6 Å². The highest BCUT2D eigenvalue weighted by atomic mass is 16.5. The minimum atomic E-state index is -0.450. The lowest BCUT2D eigenvalue weighted by atomic mass is 9.83. The fourth-order valence-corrected chi connectivity index (χ4v) is 4.99. The molecule has 6 heteroatoms. The third-order valence-electron chi connectivity index (χ3n) is 6.62. The van der Waals surface area contributed by atoms with Gasteiger partial charge in [0.2, 0.25) is 5.91 Å². The summed E-state index contributed by atoms with van der Waals surface area (Å²) in [5.74, 6) is 1.03. The number of carbonyl (C=O) groups excluding carboxylic acids is 1. The molecule has 0 saturated carbocycles. The summed E-state index contributed by atoms with van der Waals surface area (Å²) in [5, 5.41) is 3.92. The molecule has 2 aliphatic rings. The number of fused-ring (bicyclic) bond motifs is 2. The third-order valence-corrected chi connectivity index (χ3v) is 6.62. The van der Waals surface area contributed by atoms with Crippen LogP contribution < -0.4 is 15.7 Å². The summed E-state index contributed by atoms with van der Waals surface area (Å²) in [6, 6.07) is 6.00. The van der Waals surface area contributed by atoms with E-state index in [1.165, 1.54) is 45.2 Å². The summed E-state index contributed by atoms with van der Waals surface area (Å²) < 4.78 is 10.7. The van der Waals surface area contributed by atoms with Crippen LogP contribution >= 0.6 is 0 Å². The molecule has 2 atom stereocenters. The van der Waals surface area contributed by atoms with Gasteiger partial charge in [0.25, 0.3) is 0 Å². The first-order valence-corrected chi connectivity index (χ1v) is 10.7. The smallest absolute Gasteiger partial charge is 0.340 e. The summed E-state index contributed by atoms with van der Waals surface area (Å²) in [4.78, 5) is 27.7. The van der Waals surface area contributed by atoms with E-state index in [0.29, 0.717) is 35.4 Å². The van der Waals surface area contributed by atoms with E-state index < -0.39 is 5.63 Å². The number of piperidine rings is 2. The summed E-state index contributed by atoms with van der Waals surface area (Å²) in [5.41, 5.74) is 1.26. The second-order valence-corrected chi connectivity index (χ2v) is 8.34. The first-order valence-electron chi connectivity index (χ1n) is 10.7. The monoisotopic (exact) mass is 398 g/mol. The van der Waals surface area contributed by atoms with E-state index in [9.17, 15) is 9.59 Å². The van der Waals surface area contributed by atoms with Crippen molar-refractivity contribution in [3.8, 4) is 5.75 Å². The van der Waals surface area contributed by atoms with Gasteiger partial charge in [0, 0.05) is 24.0 Å². The largest absolute Gasteiger partial charge is 0.497 e. The van der Waals surface area contributed by atoms with Gasteiger partial charge in [-0.3, -0.25) is 4.79 Å². The molecule has 2 aromatic rings. The predicted molar refractivity (Wildman–Crippen MR) is 112 cm³/mol. The zero-order valence-electron chi connectivity index (χ0n) is 17.3. The minimum absolute atomic E-state index is 0.0528. The number of hydrogen-bond acceptors (Lipinski definition) is 5. The maximum atomic E-state index is 12.6. The number of ether oxygens (including phenoxy) is 1. The van der Waals surface area contributed by atoms with Crippen LogP contribution in [0.3, 0.4) is 0 Å². The number of benzene rings is 1. The molecule has 2 fully saturated rings. The first kappa shape index (κ1) is 20.0. The number of hydrogen-bond donors (Lipinski definition) is 1. The molecule has 0 bridgehead atoms. The Morgan fingerprint density at radius 2 is 2.07 bits per heavy atom. The molecular weight excluding hydrogens is 368 g/mol. The Balaban J connectivity index is 1.44. The van der Waals surface area contributed by atoms with E-state index in [-0.39, 0.29) is 12.3 Å². The van der Waals surface area contributed by atoms with Crippen molar-refractivity contribution >= 4 is 16.9 Å². The van der Waals surface area contributed by atoms with E-state index in [1.54, 1.807) is 13.2 Å². The molecular formula is C23H30N2O4. The van der Waals surface area contributed by atoms with Crippen LogP contribution in [0.5, 0.6) is 5.75 Å². The summed E-state index contributed by atoms with van der Waals surface area (Å²) in [6.07, 6.45) is 6.23. The molecule has 1 amide bonds. The maximum absolute atomic E-state index is 12.6. The van der Waals surface area contributed by atoms with Crippen molar-refractivity contribution in [3.63, 3.8) is 0 Å². The van der Waals surface area contributed by atoms with Crippen LogP contribution in [0.25, 0.3) is 11.0 Å². The Morgan fingerprint density at radius 1 is 1.24 bits per heavy atom. The van der Waals surface area contributed by atoms with Crippen LogP contribution in [0.2, 0.25) is 0 Å². The normalized spacial score (nSPS) is 22.3. The second kappa shape index (κ2) is 8.57. The molecule has 4 rings (SSSR count). The van der Waals surface area contributed by atoms with Gasteiger partial charge in [0.05, 0.1) is 19.1 Å². The fourth-order valence-electron chi connectivity index (χ4n) is 4.99. The lowest BCUT2D eigenvalue weighted by Crippen LogP contribution is -2.51. The van der Waals surface area contributed by atoms with Crippen LogP contribution in [0, 0.1) is 12.8 Å². The molecule has 1 N–H and O–H groups in total. The topological polar surface area (TPSA) is 71.8 Å². The molecule has 3 heterocycles. The molecule has 0 aliphatic carbocycles. The Kier molecular flexibility index (Phi) is 5.90. The molecule has 156 valence electrons. The number of rotatable bonds is 5. The molecule has 2 saturated heterocycles. The highest BCUT2D eigenvalue weighted by molar-refractivity contribution is 5.85. The van der Waals surface area contributed by atoms with Gasteiger partial charge >= 0.3 is 5.63 Å². The molecule has 0 spiro atoms. The van der Waals surface area contributed by atoms with Crippen molar-refractivity contribution in [2.24, 2.45) is 5.92 Å². The minimum Gasteiger partial charge on any atom is -0.497 e. The van der Waals surface area contributed by atoms with E-state index in [2.05, 4.69) is 10.2 Å². The van der Waals surface area contributed by atoms with Gasteiger partial charge in [-0.2, -0.15) is 0 Å². The number of methoxy groups -OCH3 is 1. The number of nitrogens with one attached hydrogen (secondary N) is 1. The second-order valence-electron chi connectivity index (χ2n) is 8.34. The fraction of sp³-hybridized carbons (Fsp3) is 0.565. The van der Waals surface area contributed by atoms with E-state index in [1.807, 2.05) is 19.1 Å². The van der Waals surface area contributed by atoms with Crippen LogP contribution in [0.1, 0.15) is 43.2 Å². The third kappa shape index (κ3) is 4.17. The van der Waals surface area contributed by atoms with Crippen LogP contribution in [0.15, 0.2) is 27.4 Å². The quantitative estimate of drug-likeness (QED) is 0.784. The highest BCUT2D eigenvalue weighted by Crippen LogP contribution is 2.30. The molecule has 2 aliphatic heterocycles. The van der Waals surface area contributed by atoms with E-state index in [0.717, 1.165) is 10.9 Å². The number of nitrogens with zero attached hydrogens (tertiary/aromatic N) is 1. The summed E-state index contributed by atoms with van der Waals surface area (Å²) in [6.45, 7) is 4.94. The summed E-state index contributed by atoms with van der Waals surface area (Å²) in [7, 11) is 1.57. The first-order chi connectivity index (χ1) is 14.1. The van der Waals surface area contributed by atoms with Crippen molar-refractivity contribution in [2.75, 3.05) is 26.7 Å². The molecule has 0 unspecified atom stereocenters. The van der Waals surface area contributed by atoms with Gasteiger partial charge in [-0.15, -0.1) is 0 Å². The van der Waals surface area contributed by atoms with Crippen molar-refractivity contribution < 1.29 is 13.9 Å². The maximum Gasteiger partial charge on any atom is 0.340 e. The predicted octanol–water partition coefficient (Wildman–Crippen LogP) is 3.03. The molecule has 6 nitrogen and oxygen atoms in total. The van der Waals surface area contributed by atoms with Gasteiger partial charge in [-0.25, -0.2) is 4.79 Å². The van der Waals surface area contributed by atoms with E-state index >= 15 is 0 Å². The zero-order valence-corrected chi connectivity index (χ0v) is 17.3. The van der Waals surface area contributed by atoms with Gasteiger partial charge in [-0.05, 0) is 69.3 Å². The van der Waals surface area contributed by atoms with Gasteiger partial charge < -0.3 is 19.4 Å².